The fraction of sp³-hybridized carbons (Fsp3) is 0.263. The molecule has 1 atom stereocenters. The van der Waals surface area contributed by atoms with E-state index in [1.54, 1.807) is 26.0 Å². The summed E-state index contributed by atoms with van der Waals surface area (Å²) in [6, 6.07) is 12.0. The Kier molecular flexibility index (Phi) is 6.25. The van der Waals surface area contributed by atoms with Crippen molar-refractivity contribution in [1.29, 1.82) is 0 Å². The maximum atomic E-state index is 13.7. The summed E-state index contributed by atoms with van der Waals surface area (Å²) in [6.07, 6.45) is 0. The van der Waals surface area contributed by atoms with Gasteiger partial charge in [-0.2, -0.15) is 4.68 Å². The molecule has 0 aliphatic carbocycles. The first-order chi connectivity index (χ1) is 13.5. The third-order valence-electron chi connectivity index (χ3n) is 3.92. The lowest BCUT2D eigenvalue weighted by Gasteiger charge is -2.13. The van der Waals surface area contributed by atoms with Crippen LogP contribution in [0.5, 0.6) is 5.75 Å². The van der Waals surface area contributed by atoms with Crippen molar-refractivity contribution in [3.63, 3.8) is 0 Å². The van der Waals surface area contributed by atoms with Crippen LogP contribution in [-0.2, 0) is 4.79 Å². The van der Waals surface area contributed by atoms with Gasteiger partial charge in [-0.3, -0.25) is 4.79 Å². The number of aromatic nitrogens is 4. The van der Waals surface area contributed by atoms with Gasteiger partial charge in [0.25, 0.3) is 0 Å². The molecule has 146 valence electrons. The van der Waals surface area contributed by atoms with Crippen LogP contribution in [-0.4, -0.2) is 38.0 Å². The third kappa shape index (κ3) is 4.48. The number of rotatable bonds is 7. The van der Waals surface area contributed by atoms with Crippen LogP contribution in [0.15, 0.2) is 47.6 Å². The van der Waals surface area contributed by atoms with Gasteiger partial charge in [0.1, 0.15) is 17.3 Å². The number of tetrazole rings is 1. The van der Waals surface area contributed by atoms with E-state index in [9.17, 15) is 9.18 Å². The lowest BCUT2D eigenvalue weighted by Crippen LogP contribution is -2.23. The number of hydrogen-bond acceptors (Lipinski definition) is 6. The predicted molar refractivity (Wildman–Crippen MR) is 105 cm³/mol. The maximum absolute atomic E-state index is 13.7. The Morgan fingerprint density at radius 1 is 1.32 bits per heavy atom. The molecule has 0 aliphatic heterocycles. The second kappa shape index (κ2) is 8.83. The SMILES string of the molecule is CCOc1ccccc1-n1nnnc1S[C@@H](C)C(=O)Nc1ccc(C)c(F)c1. The lowest BCUT2D eigenvalue weighted by atomic mass is 10.2. The minimum atomic E-state index is -0.506. The molecule has 9 heteroatoms. The Balaban J connectivity index is 1.75. The average molecular weight is 401 g/mol. The molecule has 0 saturated carbocycles. The van der Waals surface area contributed by atoms with Gasteiger partial charge in [-0.15, -0.1) is 5.10 Å². The number of amides is 1. The monoisotopic (exact) mass is 401 g/mol. The average Bonchev–Trinajstić information content (AvgIpc) is 3.13. The largest absolute Gasteiger partial charge is 0.492 e. The highest BCUT2D eigenvalue weighted by Gasteiger charge is 2.21. The molecular formula is C19H20FN5O2S. The van der Waals surface area contributed by atoms with Crippen molar-refractivity contribution >= 4 is 23.4 Å². The molecule has 1 amide bonds. The molecule has 1 heterocycles. The van der Waals surface area contributed by atoms with Crippen LogP contribution in [0.25, 0.3) is 5.69 Å². The summed E-state index contributed by atoms with van der Waals surface area (Å²) in [7, 11) is 0. The van der Waals surface area contributed by atoms with Crippen molar-refractivity contribution in [3.8, 4) is 11.4 Å². The summed E-state index contributed by atoms with van der Waals surface area (Å²) in [6.45, 7) is 5.80. The van der Waals surface area contributed by atoms with Gasteiger partial charge in [-0.05, 0) is 61.0 Å². The Bertz CT molecular complexity index is 978. The van der Waals surface area contributed by atoms with Crippen molar-refractivity contribution in [2.75, 3.05) is 11.9 Å². The molecule has 1 N–H and O–H groups in total. The summed E-state index contributed by atoms with van der Waals surface area (Å²) in [5.74, 6) is 0.00172. The van der Waals surface area contributed by atoms with Gasteiger partial charge in [0.2, 0.25) is 11.1 Å². The number of aryl methyl sites for hydroxylation is 1. The van der Waals surface area contributed by atoms with Crippen LogP contribution in [0.1, 0.15) is 19.4 Å². The highest BCUT2D eigenvalue weighted by atomic mass is 32.2. The molecule has 0 spiro atoms. The van der Waals surface area contributed by atoms with E-state index in [-0.39, 0.29) is 11.7 Å². The summed E-state index contributed by atoms with van der Waals surface area (Å²) < 4.78 is 20.8. The number of ether oxygens (including phenoxy) is 1. The summed E-state index contributed by atoms with van der Waals surface area (Å²) in [5, 5.41) is 14.4. The Morgan fingerprint density at radius 3 is 2.86 bits per heavy atom. The van der Waals surface area contributed by atoms with E-state index in [4.69, 9.17) is 4.74 Å². The summed E-state index contributed by atoms with van der Waals surface area (Å²) in [4.78, 5) is 12.5. The van der Waals surface area contributed by atoms with E-state index in [2.05, 4.69) is 20.8 Å². The highest BCUT2D eigenvalue weighted by Crippen LogP contribution is 2.28. The highest BCUT2D eigenvalue weighted by molar-refractivity contribution is 8.00. The summed E-state index contributed by atoms with van der Waals surface area (Å²) in [5.41, 5.74) is 1.61. The number of hydrogen-bond donors (Lipinski definition) is 1. The van der Waals surface area contributed by atoms with Crippen molar-refractivity contribution in [1.82, 2.24) is 20.2 Å². The number of halogens is 1. The molecule has 1 aromatic heterocycles. The fourth-order valence-corrected chi connectivity index (χ4v) is 3.24. The van der Waals surface area contributed by atoms with E-state index in [0.717, 1.165) is 0 Å². The zero-order valence-corrected chi connectivity index (χ0v) is 16.5. The molecule has 0 bridgehead atoms. The first kappa shape index (κ1) is 19.8. The minimum absolute atomic E-state index is 0.277. The molecular weight excluding hydrogens is 381 g/mol. The number of nitrogens with one attached hydrogen (secondary N) is 1. The van der Waals surface area contributed by atoms with Crippen LogP contribution >= 0.6 is 11.8 Å². The normalized spacial score (nSPS) is 11.9. The summed E-state index contributed by atoms with van der Waals surface area (Å²) >= 11 is 1.20. The smallest absolute Gasteiger partial charge is 0.237 e. The van der Waals surface area contributed by atoms with Gasteiger partial charge in [0.15, 0.2) is 0 Å². The number of thioether (sulfide) groups is 1. The lowest BCUT2D eigenvalue weighted by molar-refractivity contribution is -0.115. The van der Waals surface area contributed by atoms with Crippen molar-refractivity contribution < 1.29 is 13.9 Å². The maximum Gasteiger partial charge on any atom is 0.237 e. The van der Waals surface area contributed by atoms with E-state index in [1.807, 2.05) is 31.2 Å². The molecule has 0 radical (unpaired) electrons. The second-order valence-corrected chi connectivity index (χ2v) is 7.30. The molecule has 2 aromatic carbocycles. The number of carbonyl (C=O) groups is 1. The fourth-order valence-electron chi connectivity index (χ4n) is 2.44. The number of para-hydroxylation sites is 2. The molecule has 0 unspecified atom stereocenters. The third-order valence-corrected chi connectivity index (χ3v) is 4.96. The first-order valence-corrected chi connectivity index (χ1v) is 9.61. The zero-order valence-electron chi connectivity index (χ0n) is 15.7. The van der Waals surface area contributed by atoms with Crippen molar-refractivity contribution in [3.05, 3.63) is 53.8 Å². The Morgan fingerprint density at radius 2 is 2.11 bits per heavy atom. The van der Waals surface area contributed by atoms with Gasteiger partial charge < -0.3 is 10.1 Å². The quantitative estimate of drug-likeness (QED) is 0.609. The van der Waals surface area contributed by atoms with Crippen LogP contribution in [0.4, 0.5) is 10.1 Å². The molecule has 0 fully saturated rings. The van der Waals surface area contributed by atoms with Crippen molar-refractivity contribution in [2.45, 2.75) is 31.2 Å². The van der Waals surface area contributed by atoms with Gasteiger partial charge in [-0.25, -0.2) is 4.39 Å². The van der Waals surface area contributed by atoms with Crippen molar-refractivity contribution in [2.24, 2.45) is 0 Å². The number of nitrogens with zero attached hydrogens (tertiary/aromatic N) is 4. The van der Waals surface area contributed by atoms with E-state index < -0.39 is 5.25 Å². The van der Waals surface area contributed by atoms with Gasteiger partial charge in [0, 0.05) is 5.69 Å². The molecule has 28 heavy (non-hydrogen) atoms. The Hall–Kier alpha value is -2.94. The first-order valence-electron chi connectivity index (χ1n) is 8.74. The predicted octanol–water partition coefficient (Wildman–Crippen LogP) is 3.63. The van der Waals surface area contributed by atoms with Crippen LogP contribution in [0.3, 0.4) is 0 Å². The molecule has 7 nitrogen and oxygen atoms in total. The van der Waals surface area contributed by atoms with Crippen LogP contribution < -0.4 is 10.1 Å². The number of carbonyl (C=O) groups excluding carboxylic acids is 1. The number of benzene rings is 2. The minimum Gasteiger partial charge on any atom is -0.492 e. The number of anilines is 1. The zero-order chi connectivity index (χ0) is 20.1. The van der Waals surface area contributed by atoms with Gasteiger partial charge in [-0.1, -0.05) is 30.0 Å². The van der Waals surface area contributed by atoms with Gasteiger partial charge in [0.05, 0.1) is 11.9 Å². The van der Waals surface area contributed by atoms with E-state index >= 15 is 0 Å². The van der Waals surface area contributed by atoms with E-state index in [1.165, 1.54) is 22.5 Å². The standard InChI is InChI=1S/C19H20FN5O2S/c1-4-27-17-8-6-5-7-16(17)25-19(22-23-24-25)28-13(3)18(26)21-14-10-9-12(2)15(20)11-14/h5-11,13H,4H2,1-3H3,(H,21,26)/t13-/m0/s1. The van der Waals surface area contributed by atoms with E-state index in [0.29, 0.717) is 34.5 Å². The second-order valence-electron chi connectivity index (χ2n) is 5.99. The topological polar surface area (TPSA) is 81.9 Å². The van der Waals surface area contributed by atoms with Gasteiger partial charge >= 0.3 is 0 Å². The molecule has 0 aliphatic rings. The molecule has 3 rings (SSSR count). The van der Waals surface area contributed by atoms with Crippen LogP contribution in [0.2, 0.25) is 0 Å². The molecule has 0 saturated heterocycles. The molecule has 3 aromatic rings. The van der Waals surface area contributed by atoms with Crippen LogP contribution in [0, 0.1) is 12.7 Å². The Labute approximate surface area is 166 Å².